The molecule has 0 saturated carbocycles. The summed E-state index contributed by atoms with van der Waals surface area (Å²) in [6.07, 6.45) is 0. The standard InChI is InChI=1S/C18H16N4O5/c1-20(2)12-5-3-11(4-6-12)19-16(23)10-21-17(24)14-8-7-13(22(26)27)9-15(14)18(21)25/h3-9H,10H2,1-2H3,(H,19,23). The number of nitrogens with one attached hydrogen (secondary N) is 1. The van der Waals surface area contributed by atoms with E-state index in [1.54, 1.807) is 12.1 Å². The van der Waals surface area contributed by atoms with Gasteiger partial charge in [-0.25, -0.2) is 0 Å². The summed E-state index contributed by atoms with van der Waals surface area (Å²) in [5.41, 5.74) is 1.17. The lowest BCUT2D eigenvalue weighted by Gasteiger charge is -2.15. The van der Waals surface area contributed by atoms with Crippen molar-refractivity contribution in [2.24, 2.45) is 0 Å². The topological polar surface area (TPSA) is 113 Å². The van der Waals surface area contributed by atoms with E-state index < -0.39 is 29.2 Å². The van der Waals surface area contributed by atoms with Crippen LogP contribution in [-0.4, -0.2) is 48.2 Å². The number of anilines is 2. The minimum absolute atomic E-state index is 0.0498. The van der Waals surface area contributed by atoms with Crippen LogP contribution in [-0.2, 0) is 4.79 Å². The fraction of sp³-hybridized carbons (Fsp3) is 0.167. The highest BCUT2D eigenvalue weighted by molar-refractivity contribution is 6.23. The van der Waals surface area contributed by atoms with Crippen LogP contribution in [0.2, 0.25) is 0 Å². The molecule has 0 fully saturated rings. The lowest BCUT2D eigenvalue weighted by Crippen LogP contribution is -2.37. The smallest absolute Gasteiger partial charge is 0.270 e. The summed E-state index contributed by atoms with van der Waals surface area (Å²) in [5.74, 6) is -1.92. The van der Waals surface area contributed by atoms with Gasteiger partial charge in [0, 0.05) is 37.6 Å². The molecule has 0 saturated heterocycles. The Morgan fingerprint density at radius 2 is 1.70 bits per heavy atom. The van der Waals surface area contributed by atoms with Gasteiger partial charge in [0.25, 0.3) is 17.5 Å². The SMILES string of the molecule is CN(C)c1ccc(NC(=O)CN2C(=O)c3ccc([N+](=O)[O-])cc3C2=O)cc1. The van der Waals surface area contributed by atoms with Crippen molar-refractivity contribution < 1.29 is 19.3 Å². The molecule has 0 aromatic heterocycles. The van der Waals surface area contributed by atoms with Crippen LogP contribution in [0.15, 0.2) is 42.5 Å². The van der Waals surface area contributed by atoms with Gasteiger partial charge in [-0.3, -0.25) is 29.4 Å². The monoisotopic (exact) mass is 368 g/mol. The van der Waals surface area contributed by atoms with Gasteiger partial charge >= 0.3 is 0 Å². The molecule has 0 spiro atoms. The lowest BCUT2D eigenvalue weighted by atomic mass is 10.1. The number of fused-ring (bicyclic) bond motifs is 1. The van der Waals surface area contributed by atoms with E-state index in [0.717, 1.165) is 22.7 Å². The second-order valence-electron chi connectivity index (χ2n) is 6.17. The number of nitrogens with zero attached hydrogens (tertiary/aromatic N) is 3. The molecule has 0 atom stereocenters. The van der Waals surface area contributed by atoms with Crippen LogP contribution in [0.4, 0.5) is 17.1 Å². The molecule has 138 valence electrons. The third kappa shape index (κ3) is 3.47. The van der Waals surface area contributed by atoms with E-state index in [1.165, 1.54) is 6.07 Å². The first kappa shape index (κ1) is 18.1. The predicted octanol–water partition coefficient (Wildman–Crippen LogP) is 1.90. The van der Waals surface area contributed by atoms with Gasteiger partial charge in [0.2, 0.25) is 5.91 Å². The first-order valence-electron chi connectivity index (χ1n) is 8.00. The van der Waals surface area contributed by atoms with Gasteiger partial charge in [-0.1, -0.05) is 0 Å². The van der Waals surface area contributed by atoms with Gasteiger partial charge in [0.1, 0.15) is 6.54 Å². The molecule has 3 amide bonds. The van der Waals surface area contributed by atoms with Crippen LogP contribution in [0.1, 0.15) is 20.7 Å². The molecule has 9 nitrogen and oxygen atoms in total. The maximum atomic E-state index is 12.4. The maximum Gasteiger partial charge on any atom is 0.270 e. The molecule has 1 aliphatic heterocycles. The summed E-state index contributed by atoms with van der Waals surface area (Å²) < 4.78 is 0. The van der Waals surface area contributed by atoms with Crippen LogP contribution in [0.3, 0.4) is 0 Å². The van der Waals surface area contributed by atoms with Crippen molar-refractivity contribution in [3.63, 3.8) is 0 Å². The van der Waals surface area contributed by atoms with E-state index in [9.17, 15) is 24.5 Å². The summed E-state index contributed by atoms with van der Waals surface area (Å²) in [6, 6.07) is 10.5. The van der Waals surface area contributed by atoms with E-state index in [-0.39, 0.29) is 16.8 Å². The summed E-state index contributed by atoms with van der Waals surface area (Å²) in [5, 5.41) is 13.5. The second kappa shape index (κ2) is 6.87. The highest BCUT2D eigenvalue weighted by atomic mass is 16.6. The Bertz CT molecular complexity index is 953. The van der Waals surface area contributed by atoms with Crippen molar-refractivity contribution in [3.8, 4) is 0 Å². The molecule has 27 heavy (non-hydrogen) atoms. The number of hydrogen-bond donors (Lipinski definition) is 1. The van der Waals surface area contributed by atoms with Crippen molar-refractivity contribution in [2.45, 2.75) is 0 Å². The maximum absolute atomic E-state index is 12.4. The molecule has 1 heterocycles. The molecule has 0 radical (unpaired) electrons. The Balaban J connectivity index is 1.72. The van der Waals surface area contributed by atoms with Crippen molar-refractivity contribution in [1.29, 1.82) is 0 Å². The quantitative estimate of drug-likeness (QED) is 0.490. The third-order valence-corrected chi connectivity index (χ3v) is 4.13. The molecule has 2 aromatic carbocycles. The molecular weight excluding hydrogens is 352 g/mol. The fourth-order valence-corrected chi connectivity index (χ4v) is 2.72. The number of carbonyl (C=O) groups excluding carboxylic acids is 3. The second-order valence-corrected chi connectivity index (χ2v) is 6.17. The Kier molecular flexibility index (Phi) is 4.59. The molecule has 3 rings (SSSR count). The number of non-ortho nitro benzene ring substituents is 1. The van der Waals surface area contributed by atoms with Crippen LogP contribution < -0.4 is 10.2 Å². The summed E-state index contributed by atoms with van der Waals surface area (Å²) in [4.78, 5) is 49.8. The van der Waals surface area contributed by atoms with Crippen LogP contribution in [0, 0.1) is 10.1 Å². The zero-order valence-corrected chi connectivity index (χ0v) is 14.6. The van der Waals surface area contributed by atoms with Gasteiger partial charge in [-0.15, -0.1) is 0 Å². The molecule has 0 unspecified atom stereocenters. The van der Waals surface area contributed by atoms with Crippen molar-refractivity contribution in [3.05, 3.63) is 63.7 Å². The number of amides is 3. The number of imide groups is 1. The molecule has 2 aromatic rings. The zero-order chi connectivity index (χ0) is 19.7. The van der Waals surface area contributed by atoms with E-state index in [2.05, 4.69) is 5.32 Å². The first-order chi connectivity index (χ1) is 12.8. The lowest BCUT2D eigenvalue weighted by molar-refractivity contribution is -0.384. The highest BCUT2D eigenvalue weighted by Crippen LogP contribution is 2.26. The number of benzene rings is 2. The van der Waals surface area contributed by atoms with Gasteiger partial charge in [0.05, 0.1) is 16.1 Å². The summed E-state index contributed by atoms with van der Waals surface area (Å²) in [7, 11) is 3.78. The van der Waals surface area contributed by atoms with Gasteiger partial charge in [0.15, 0.2) is 0 Å². The molecule has 1 N–H and O–H groups in total. The van der Waals surface area contributed by atoms with Crippen molar-refractivity contribution in [1.82, 2.24) is 4.90 Å². The van der Waals surface area contributed by atoms with Crippen molar-refractivity contribution >= 4 is 34.8 Å². The molecular formula is C18H16N4O5. The molecule has 0 aliphatic carbocycles. The number of nitro benzene ring substituents is 1. The van der Waals surface area contributed by atoms with E-state index in [0.29, 0.717) is 5.69 Å². The first-order valence-corrected chi connectivity index (χ1v) is 8.00. The van der Waals surface area contributed by atoms with Gasteiger partial charge < -0.3 is 10.2 Å². The minimum Gasteiger partial charge on any atom is -0.378 e. The van der Waals surface area contributed by atoms with E-state index in [4.69, 9.17) is 0 Å². The fourth-order valence-electron chi connectivity index (χ4n) is 2.72. The Morgan fingerprint density at radius 3 is 2.30 bits per heavy atom. The highest BCUT2D eigenvalue weighted by Gasteiger charge is 2.37. The Hall–Kier alpha value is -3.75. The zero-order valence-electron chi connectivity index (χ0n) is 14.6. The van der Waals surface area contributed by atoms with Crippen LogP contribution in [0.5, 0.6) is 0 Å². The number of nitro groups is 1. The van der Waals surface area contributed by atoms with Crippen LogP contribution >= 0.6 is 0 Å². The largest absolute Gasteiger partial charge is 0.378 e. The van der Waals surface area contributed by atoms with Gasteiger partial charge in [-0.2, -0.15) is 0 Å². The summed E-state index contributed by atoms with van der Waals surface area (Å²) >= 11 is 0. The number of hydrogen-bond acceptors (Lipinski definition) is 6. The summed E-state index contributed by atoms with van der Waals surface area (Å²) in [6.45, 7) is -0.477. The minimum atomic E-state index is -0.725. The normalized spacial score (nSPS) is 12.7. The predicted molar refractivity (Wildman–Crippen MR) is 97.9 cm³/mol. The Morgan fingerprint density at radius 1 is 1.07 bits per heavy atom. The Labute approximate surface area is 154 Å². The molecule has 9 heteroatoms. The van der Waals surface area contributed by atoms with Crippen molar-refractivity contribution in [2.75, 3.05) is 30.9 Å². The number of carbonyl (C=O) groups is 3. The van der Waals surface area contributed by atoms with Crippen LogP contribution in [0.25, 0.3) is 0 Å². The van der Waals surface area contributed by atoms with Gasteiger partial charge in [-0.05, 0) is 30.3 Å². The molecule has 0 bridgehead atoms. The average molecular weight is 368 g/mol. The van der Waals surface area contributed by atoms with E-state index in [1.807, 2.05) is 31.1 Å². The van der Waals surface area contributed by atoms with E-state index >= 15 is 0 Å². The molecule has 1 aliphatic rings. The third-order valence-electron chi connectivity index (χ3n) is 4.13. The number of rotatable bonds is 5. The average Bonchev–Trinajstić information content (AvgIpc) is 2.86.